The zero-order chi connectivity index (χ0) is 14.1. The molecule has 0 N–H and O–H groups in total. The summed E-state index contributed by atoms with van der Waals surface area (Å²) in [6.07, 6.45) is 0. The summed E-state index contributed by atoms with van der Waals surface area (Å²) in [5, 5.41) is 13.8. The fourth-order valence-corrected chi connectivity index (χ4v) is 2.09. The lowest BCUT2D eigenvalue weighted by Crippen LogP contribution is -1.98. The number of para-hydroxylation sites is 1. The van der Waals surface area contributed by atoms with E-state index in [2.05, 4.69) is 5.16 Å². The van der Waals surface area contributed by atoms with E-state index in [-0.39, 0.29) is 5.76 Å². The normalized spacial score (nSPS) is 10.7. The summed E-state index contributed by atoms with van der Waals surface area (Å²) in [5.41, 5.74) is 2.31. The molecule has 0 saturated carbocycles. The Hall–Kier alpha value is -2.74. The van der Waals surface area contributed by atoms with Crippen molar-refractivity contribution < 1.29 is 13.7 Å². The van der Waals surface area contributed by atoms with Crippen molar-refractivity contribution in [1.82, 2.24) is 5.16 Å². The predicted octanol–water partition coefficient (Wildman–Crippen LogP) is 3.49. The number of ether oxygens (including phenoxy) is 1. The second-order valence-corrected chi connectivity index (χ2v) is 4.46. The lowest BCUT2D eigenvalue weighted by Gasteiger charge is -2.04. The van der Waals surface area contributed by atoms with E-state index < -0.39 is 0 Å². The molecule has 0 saturated heterocycles. The Labute approximate surface area is 115 Å². The van der Waals surface area contributed by atoms with Crippen LogP contribution < -0.4 is 4.74 Å². The van der Waals surface area contributed by atoms with E-state index in [1.54, 1.807) is 6.07 Å². The Bertz CT molecular complexity index is 789. The first-order valence-electron chi connectivity index (χ1n) is 6.17. The molecule has 0 atom stereocenters. The lowest BCUT2D eigenvalue weighted by molar-refractivity contribution is 0.299. The van der Waals surface area contributed by atoms with Gasteiger partial charge in [-0.15, -0.1) is 0 Å². The minimum Gasteiger partial charge on any atom is -0.483 e. The second-order valence-electron chi connectivity index (χ2n) is 4.46. The van der Waals surface area contributed by atoms with Crippen LogP contribution in [0.4, 0.5) is 0 Å². The summed E-state index contributed by atoms with van der Waals surface area (Å²) in [5.74, 6) is 1.36. The molecule has 3 aromatic rings. The zero-order valence-electron chi connectivity index (χ0n) is 11.1. The van der Waals surface area contributed by atoms with Gasteiger partial charge in [0.1, 0.15) is 24.0 Å². The third-order valence-electron chi connectivity index (χ3n) is 3.19. The molecule has 2 aromatic heterocycles. The molecule has 0 unspecified atom stereocenters. The highest BCUT2D eigenvalue weighted by atomic mass is 16.5. The number of rotatable bonds is 3. The number of aromatic nitrogens is 1. The van der Waals surface area contributed by atoms with Crippen LogP contribution in [0, 0.1) is 25.2 Å². The molecule has 0 radical (unpaired) electrons. The van der Waals surface area contributed by atoms with Crippen molar-refractivity contribution in [3.05, 3.63) is 47.0 Å². The third kappa shape index (κ3) is 1.91. The van der Waals surface area contributed by atoms with Crippen molar-refractivity contribution in [2.24, 2.45) is 0 Å². The first-order chi connectivity index (χ1) is 9.70. The Morgan fingerprint density at radius 2 is 2.10 bits per heavy atom. The Balaban J connectivity index is 1.97. The average molecular weight is 268 g/mol. The van der Waals surface area contributed by atoms with E-state index in [1.807, 2.05) is 38.1 Å². The van der Waals surface area contributed by atoms with Crippen LogP contribution in [0.2, 0.25) is 0 Å². The van der Waals surface area contributed by atoms with Crippen molar-refractivity contribution in [1.29, 1.82) is 5.26 Å². The molecule has 1 aromatic carbocycles. The summed E-state index contributed by atoms with van der Waals surface area (Å²) in [7, 11) is 0. The first kappa shape index (κ1) is 12.3. The molecule has 0 aliphatic heterocycles. The highest BCUT2D eigenvalue weighted by Gasteiger charge is 2.17. The van der Waals surface area contributed by atoms with Gasteiger partial charge < -0.3 is 13.7 Å². The minimum absolute atomic E-state index is 0.179. The summed E-state index contributed by atoms with van der Waals surface area (Å²) < 4.78 is 16.3. The van der Waals surface area contributed by atoms with Gasteiger partial charge in [0.2, 0.25) is 5.76 Å². The fourth-order valence-electron chi connectivity index (χ4n) is 2.09. The number of benzene rings is 1. The van der Waals surface area contributed by atoms with Gasteiger partial charge in [0.15, 0.2) is 5.75 Å². The quantitative estimate of drug-likeness (QED) is 0.727. The zero-order valence-corrected chi connectivity index (χ0v) is 11.1. The van der Waals surface area contributed by atoms with Gasteiger partial charge in [0.05, 0.1) is 16.6 Å². The maximum absolute atomic E-state index is 9.13. The average Bonchev–Trinajstić information content (AvgIpc) is 2.98. The van der Waals surface area contributed by atoms with Crippen molar-refractivity contribution >= 4 is 11.0 Å². The van der Waals surface area contributed by atoms with Gasteiger partial charge in [0, 0.05) is 0 Å². The van der Waals surface area contributed by atoms with Crippen LogP contribution in [0.25, 0.3) is 11.0 Å². The topological polar surface area (TPSA) is 72.2 Å². The van der Waals surface area contributed by atoms with Crippen molar-refractivity contribution in [2.45, 2.75) is 20.5 Å². The molecule has 2 heterocycles. The molecule has 5 heteroatoms. The molecule has 0 bridgehead atoms. The van der Waals surface area contributed by atoms with E-state index in [4.69, 9.17) is 18.9 Å². The second kappa shape index (κ2) is 4.74. The molecule has 0 fully saturated rings. The van der Waals surface area contributed by atoms with Crippen LogP contribution in [0.15, 0.2) is 33.2 Å². The van der Waals surface area contributed by atoms with Crippen LogP contribution in [0.3, 0.4) is 0 Å². The molecule has 3 rings (SSSR count). The molecule has 20 heavy (non-hydrogen) atoms. The molecule has 0 aliphatic carbocycles. The van der Waals surface area contributed by atoms with Gasteiger partial charge in [-0.2, -0.15) is 5.26 Å². The van der Waals surface area contributed by atoms with Gasteiger partial charge in [-0.25, -0.2) is 0 Å². The van der Waals surface area contributed by atoms with Gasteiger partial charge >= 0.3 is 0 Å². The van der Waals surface area contributed by atoms with Gasteiger partial charge in [0.25, 0.3) is 0 Å². The number of hydrogen-bond donors (Lipinski definition) is 0. The number of nitrogens with zero attached hydrogens (tertiary/aromatic N) is 2. The molecular formula is C15H12N2O3. The van der Waals surface area contributed by atoms with Crippen LogP contribution in [0.1, 0.15) is 22.8 Å². The Morgan fingerprint density at radius 1 is 1.30 bits per heavy atom. The van der Waals surface area contributed by atoms with Gasteiger partial charge in [-0.1, -0.05) is 17.3 Å². The van der Waals surface area contributed by atoms with Crippen molar-refractivity contribution in [3.63, 3.8) is 0 Å². The van der Waals surface area contributed by atoms with Gasteiger partial charge in [-0.05, 0) is 26.0 Å². The maximum atomic E-state index is 9.13. The fraction of sp³-hybridized carbons (Fsp3) is 0.200. The summed E-state index contributed by atoms with van der Waals surface area (Å²) in [6, 6.07) is 9.41. The van der Waals surface area contributed by atoms with E-state index in [9.17, 15) is 0 Å². The molecule has 0 spiro atoms. The third-order valence-corrected chi connectivity index (χ3v) is 3.19. The van der Waals surface area contributed by atoms with Crippen molar-refractivity contribution in [3.8, 4) is 11.8 Å². The number of fused-ring (bicyclic) bond motifs is 1. The molecule has 0 amide bonds. The predicted molar refractivity (Wildman–Crippen MR) is 71.2 cm³/mol. The Kier molecular flexibility index (Phi) is 2.92. The summed E-state index contributed by atoms with van der Waals surface area (Å²) in [6.45, 7) is 3.98. The van der Waals surface area contributed by atoms with Crippen molar-refractivity contribution in [2.75, 3.05) is 0 Å². The molecule has 5 nitrogen and oxygen atoms in total. The standard InChI is InChI=1S/C15H12N2O3/c1-9-12(10(2)20-17-9)8-18-15-11-5-3-4-6-13(11)19-14(15)7-16/h3-6H,8H2,1-2H3. The highest BCUT2D eigenvalue weighted by Crippen LogP contribution is 2.33. The maximum Gasteiger partial charge on any atom is 0.246 e. The minimum atomic E-state index is 0.179. The van der Waals surface area contributed by atoms with Crippen LogP contribution >= 0.6 is 0 Å². The number of furan rings is 1. The summed E-state index contributed by atoms with van der Waals surface area (Å²) in [4.78, 5) is 0. The number of hydrogen-bond acceptors (Lipinski definition) is 5. The van der Waals surface area contributed by atoms with Crippen LogP contribution in [-0.2, 0) is 6.61 Å². The van der Waals surface area contributed by atoms with E-state index in [0.29, 0.717) is 23.7 Å². The summed E-state index contributed by atoms with van der Waals surface area (Å²) >= 11 is 0. The number of nitriles is 1. The van der Waals surface area contributed by atoms with E-state index >= 15 is 0 Å². The van der Waals surface area contributed by atoms with E-state index in [1.165, 1.54) is 0 Å². The van der Waals surface area contributed by atoms with Gasteiger partial charge in [-0.3, -0.25) is 0 Å². The highest BCUT2D eigenvalue weighted by molar-refractivity contribution is 5.86. The lowest BCUT2D eigenvalue weighted by atomic mass is 10.2. The number of aryl methyl sites for hydroxylation is 2. The van der Waals surface area contributed by atoms with Crippen LogP contribution in [0.5, 0.6) is 5.75 Å². The first-order valence-corrected chi connectivity index (χ1v) is 6.17. The molecular weight excluding hydrogens is 256 g/mol. The largest absolute Gasteiger partial charge is 0.483 e. The van der Waals surface area contributed by atoms with Crippen LogP contribution in [-0.4, -0.2) is 5.16 Å². The Morgan fingerprint density at radius 3 is 2.80 bits per heavy atom. The molecule has 100 valence electrons. The van der Waals surface area contributed by atoms with E-state index in [0.717, 1.165) is 16.6 Å². The SMILES string of the molecule is Cc1noc(C)c1COc1c(C#N)oc2ccccc12. The monoisotopic (exact) mass is 268 g/mol. The molecule has 0 aliphatic rings. The smallest absolute Gasteiger partial charge is 0.246 e.